The third-order valence-electron chi connectivity index (χ3n) is 4.31. The van der Waals surface area contributed by atoms with Gasteiger partial charge in [0.2, 0.25) is 10.0 Å². The largest absolute Gasteiger partial charge is 0.313 e. The average Bonchev–Trinajstić information content (AvgIpc) is 2.54. The van der Waals surface area contributed by atoms with Crippen molar-refractivity contribution in [3.05, 3.63) is 0 Å². The summed E-state index contributed by atoms with van der Waals surface area (Å²) in [5.41, 5.74) is 0. The molecule has 1 rings (SSSR count). The molecule has 114 valence electrons. The number of rotatable bonds is 6. The van der Waals surface area contributed by atoms with E-state index in [0.29, 0.717) is 12.6 Å². The van der Waals surface area contributed by atoms with Crippen LogP contribution in [0.2, 0.25) is 0 Å². The number of hydrogen-bond acceptors (Lipinski definition) is 3. The lowest BCUT2D eigenvalue weighted by molar-refractivity contribution is 0.338. The fraction of sp³-hybridized carbons (Fsp3) is 1.00. The highest BCUT2D eigenvalue weighted by molar-refractivity contribution is 7.89. The Morgan fingerprint density at radius 3 is 2.42 bits per heavy atom. The van der Waals surface area contributed by atoms with E-state index in [1.165, 1.54) is 36.4 Å². The van der Waals surface area contributed by atoms with Crippen molar-refractivity contribution in [1.29, 1.82) is 0 Å². The predicted molar refractivity (Wildman–Crippen MR) is 80.7 cm³/mol. The Morgan fingerprint density at radius 2 is 1.84 bits per heavy atom. The van der Waals surface area contributed by atoms with Crippen LogP contribution in [0.1, 0.15) is 46.0 Å². The molecule has 1 aliphatic rings. The van der Waals surface area contributed by atoms with E-state index in [0.717, 1.165) is 11.8 Å². The van der Waals surface area contributed by atoms with Crippen LogP contribution in [0.25, 0.3) is 0 Å². The lowest BCUT2D eigenvalue weighted by Crippen LogP contribution is -2.36. The molecule has 19 heavy (non-hydrogen) atoms. The summed E-state index contributed by atoms with van der Waals surface area (Å²) in [7, 11) is 0.121. The Bertz CT molecular complexity index is 352. The number of hydrogen-bond donors (Lipinski definition) is 1. The first-order chi connectivity index (χ1) is 8.83. The van der Waals surface area contributed by atoms with Gasteiger partial charge in [0.25, 0.3) is 0 Å². The van der Waals surface area contributed by atoms with E-state index >= 15 is 0 Å². The summed E-state index contributed by atoms with van der Waals surface area (Å²) in [6.07, 6.45) is 6.23. The van der Waals surface area contributed by atoms with Crippen LogP contribution in [0, 0.1) is 11.8 Å². The molecule has 4 nitrogen and oxygen atoms in total. The molecule has 5 heteroatoms. The second kappa shape index (κ2) is 7.60. The van der Waals surface area contributed by atoms with Crippen LogP contribution in [0.5, 0.6) is 0 Å². The number of nitrogens with zero attached hydrogens (tertiary/aromatic N) is 1. The minimum atomic E-state index is -3.06. The Morgan fingerprint density at radius 1 is 1.16 bits per heavy atom. The minimum absolute atomic E-state index is 0.199. The van der Waals surface area contributed by atoms with E-state index in [4.69, 9.17) is 0 Å². The van der Waals surface area contributed by atoms with Crippen molar-refractivity contribution in [2.24, 2.45) is 11.8 Å². The molecule has 1 saturated carbocycles. The van der Waals surface area contributed by atoms with Crippen LogP contribution in [-0.2, 0) is 10.0 Å². The molecule has 0 heterocycles. The molecule has 1 aliphatic carbocycles. The third-order valence-corrected chi connectivity index (χ3v) is 6.14. The maximum atomic E-state index is 11.7. The molecular formula is C14H30N2O2S. The summed E-state index contributed by atoms with van der Waals surface area (Å²) in [4.78, 5) is 0. The zero-order valence-corrected chi connectivity index (χ0v) is 13.7. The van der Waals surface area contributed by atoms with Crippen LogP contribution in [0.3, 0.4) is 0 Å². The fourth-order valence-corrected chi connectivity index (χ4v) is 3.52. The van der Waals surface area contributed by atoms with Crippen molar-refractivity contribution < 1.29 is 8.42 Å². The lowest BCUT2D eigenvalue weighted by atomic mass is 9.89. The van der Waals surface area contributed by atoms with Gasteiger partial charge in [-0.1, -0.05) is 26.7 Å². The van der Waals surface area contributed by atoms with E-state index in [2.05, 4.69) is 19.2 Å². The molecule has 0 amide bonds. The highest BCUT2D eigenvalue weighted by atomic mass is 32.2. The van der Waals surface area contributed by atoms with Gasteiger partial charge in [0.05, 0.1) is 5.75 Å². The first-order valence-corrected chi connectivity index (χ1v) is 9.07. The van der Waals surface area contributed by atoms with Gasteiger partial charge in [-0.25, -0.2) is 12.7 Å². The lowest BCUT2D eigenvalue weighted by Gasteiger charge is -2.19. The summed E-state index contributed by atoms with van der Waals surface area (Å²) in [5.74, 6) is 1.81. The van der Waals surface area contributed by atoms with E-state index < -0.39 is 10.0 Å². The van der Waals surface area contributed by atoms with Gasteiger partial charge in [-0.2, -0.15) is 0 Å². The Hall–Kier alpha value is -0.130. The molecule has 2 atom stereocenters. The quantitative estimate of drug-likeness (QED) is 0.762. The summed E-state index contributed by atoms with van der Waals surface area (Å²) in [6.45, 7) is 5.18. The van der Waals surface area contributed by atoms with Crippen LogP contribution in [0.15, 0.2) is 0 Å². The maximum absolute atomic E-state index is 11.7. The van der Waals surface area contributed by atoms with Crippen molar-refractivity contribution in [3.63, 3.8) is 0 Å². The smallest absolute Gasteiger partial charge is 0.214 e. The van der Waals surface area contributed by atoms with Crippen molar-refractivity contribution in [1.82, 2.24) is 9.62 Å². The number of nitrogens with one attached hydrogen (secondary N) is 1. The second-order valence-electron chi connectivity index (χ2n) is 6.26. The van der Waals surface area contributed by atoms with E-state index in [-0.39, 0.29) is 5.75 Å². The zero-order chi connectivity index (χ0) is 14.5. The Balaban J connectivity index is 2.31. The molecular weight excluding hydrogens is 260 g/mol. The molecule has 1 N–H and O–H groups in total. The molecule has 0 saturated heterocycles. The molecule has 0 radical (unpaired) electrons. The van der Waals surface area contributed by atoms with Gasteiger partial charge >= 0.3 is 0 Å². The van der Waals surface area contributed by atoms with E-state index in [1.807, 2.05) is 0 Å². The fourth-order valence-electron chi connectivity index (χ4n) is 2.78. The van der Waals surface area contributed by atoms with Gasteiger partial charge in [0.1, 0.15) is 0 Å². The van der Waals surface area contributed by atoms with Gasteiger partial charge in [-0.05, 0) is 31.1 Å². The molecule has 0 spiro atoms. The SMILES string of the molecule is CC(C)C1CCCC(NCCS(=O)(=O)N(C)C)CC1. The molecule has 0 aromatic carbocycles. The van der Waals surface area contributed by atoms with Crippen LogP contribution >= 0.6 is 0 Å². The topological polar surface area (TPSA) is 49.4 Å². The van der Waals surface area contributed by atoms with Gasteiger partial charge in [-0.3, -0.25) is 0 Å². The van der Waals surface area contributed by atoms with Gasteiger partial charge in [0.15, 0.2) is 0 Å². The van der Waals surface area contributed by atoms with Gasteiger partial charge in [0, 0.05) is 26.7 Å². The summed E-state index contributed by atoms with van der Waals surface area (Å²) < 4.78 is 24.6. The van der Waals surface area contributed by atoms with Crippen LogP contribution in [0.4, 0.5) is 0 Å². The summed E-state index contributed by atoms with van der Waals surface area (Å²) in [6, 6.07) is 0.501. The highest BCUT2D eigenvalue weighted by Crippen LogP contribution is 2.28. The summed E-state index contributed by atoms with van der Waals surface area (Å²) in [5, 5.41) is 3.43. The Labute approximate surface area is 119 Å². The average molecular weight is 290 g/mol. The second-order valence-corrected chi connectivity index (χ2v) is 8.56. The third kappa shape index (κ3) is 5.79. The monoisotopic (exact) mass is 290 g/mol. The Kier molecular flexibility index (Phi) is 6.77. The standard InChI is InChI=1S/C14H30N2O2S/c1-12(2)13-6-5-7-14(9-8-13)15-10-11-19(17,18)16(3)4/h12-15H,5-11H2,1-4H3. The molecule has 0 aliphatic heterocycles. The van der Waals surface area contributed by atoms with Crippen LogP contribution in [-0.4, -0.2) is 45.2 Å². The van der Waals surface area contributed by atoms with Gasteiger partial charge < -0.3 is 5.32 Å². The minimum Gasteiger partial charge on any atom is -0.313 e. The first kappa shape index (κ1) is 16.9. The maximum Gasteiger partial charge on any atom is 0.214 e. The van der Waals surface area contributed by atoms with Crippen LogP contribution < -0.4 is 5.32 Å². The highest BCUT2D eigenvalue weighted by Gasteiger charge is 2.21. The first-order valence-electron chi connectivity index (χ1n) is 7.46. The molecule has 2 unspecified atom stereocenters. The van der Waals surface area contributed by atoms with Gasteiger partial charge in [-0.15, -0.1) is 0 Å². The van der Waals surface area contributed by atoms with E-state index in [1.54, 1.807) is 14.1 Å². The molecule has 0 aromatic heterocycles. The molecule has 0 bridgehead atoms. The molecule has 1 fully saturated rings. The summed E-state index contributed by atoms with van der Waals surface area (Å²) >= 11 is 0. The predicted octanol–water partition coefficient (Wildman–Crippen LogP) is 2.07. The van der Waals surface area contributed by atoms with E-state index in [9.17, 15) is 8.42 Å². The number of sulfonamides is 1. The van der Waals surface area contributed by atoms with Crippen molar-refractivity contribution in [2.75, 3.05) is 26.4 Å². The van der Waals surface area contributed by atoms with Crippen molar-refractivity contribution >= 4 is 10.0 Å². The van der Waals surface area contributed by atoms with Crippen molar-refractivity contribution in [3.8, 4) is 0 Å². The normalized spacial score (nSPS) is 25.8. The molecule has 0 aromatic rings. The zero-order valence-electron chi connectivity index (χ0n) is 12.9. The van der Waals surface area contributed by atoms with Crippen molar-refractivity contribution in [2.45, 2.75) is 52.0 Å².